The summed E-state index contributed by atoms with van der Waals surface area (Å²) in [5.41, 5.74) is 5.26. The molecule has 0 amide bonds. The van der Waals surface area contributed by atoms with E-state index in [1.807, 2.05) is 0 Å². The Bertz CT molecular complexity index is 569. The number of anilines is 1. The highest BCUT2D eigenvalue weighted by Gasteiger charge is 2.17. The lowest BCUT2D eigenvalue weighted by Crippen LogP contribution is -2.03. The van der Waals surface area contributed by atoms with Gasteiger partial charge in [0.05, 0.1) is 5.56 Å². The second-order valence-electron chi connectivity index (χ2n) is 3.34. The molecule has 7 heteroatoms. The molecular weight excluding hydrogens is 250 g/mol. The van der Waals surface area contributed by atoms with Crippen LogP contribution in [0.15, 0.2) is 12.1 Å². The van der Waals surface area contributed by atoms with Crippen LogP contribution in [0.5, 0.6) is 0 Å². The fourth-order valence-corrected chi connectivity index (χ4v) is 1.51. The zero-order valence-electron chi connectivity index (χ0n) is 8.71. The largest absolute Gasteiger partial charge is 0.368 e. The molecule has 0 aliphatic rings. The van der Waals surface area contributed by atoms with Crippen molar-refractivity contribution in [2.45, 2.75) is 6.92 Å². The van der Waals surface area contributed by atoms with Crippen molar-refractivity contribution in [2.24, 2.45) is 0 Å². The van der Waals surface area contributed by atoms with Gasteiger partial charge in [-0.3, -0.25) is 0 Å². The third-order valence-corrected chi connectivity index (χ3v) is 2.30. The van der Waals surface area contributed by atoms with Crippen LogP contribution in [-0.4, -0.2) is 15.0 Å². The van der Waals surface area contributed by atoms with Crippen LogP contribution < -0.4 is 5.73 Å². The topological polar surface area (TPSA) is 64.7 Å². The SMILES string of the molecule is Cc1ccc(F)c(-c2nc(N)nc(Cl)n2)c1F. The molecule has 0 atom stereocenters. The van der Waals surface area contributed by atoms with Gasteiger partial charge in [0.25, 0.3) is 0 Å². The number of aromatic nitrogens is 3. The van der Waals surface area contributed by atoms with E-state index in [2.05, 4.69) is 15.0 Å². The Labute approximate surface area is 100 Å². The third-order valence-electron chi connectivity index (χ3n) is 2.13. The molecule has 4 nitrogen and oxygen atoms in total. The average Bonchev–Trinajstić information content (AvgIpc) is 2.23. The van der Waals surface area contributed by atoms with E-state index in [1.54, 1.807) is 0 Å². The maximum atomic E-state index is 13.8. The summed E-state index contributed by atoms with van der Waals surface area (Å²) in [6, 6.07) is 2.45. The average molecular weight is 257 g/mol. The van der Waals surface area contributed by atoms with Gasteiger partial charge < -0.3 is 5.73 Å². The molecule has 17 heavy (non-hydrogen) atoms. The molecule has 0 fully saturated rings. The molecular formula is C10H7ClF2N4. The van der Waals surface area contributed by atoms with Gasteiger partial charge in [0, 0.05) is 0 Å². The van der Waals surface area contributed by atoms with Crippen LogP contribution in [-0.2, 0) is 0 Å². The van der Waals surface area contributed by atoms with Crippen molar-refractivity contribution < 1.29 is 8.78 Å². The summed E-state index contributed by atoms with van der Waals surface area (Å²) in [6.07, 6.45) is 0. The van der Waals surface area contributed by atoms with E-state index in [-0.39, 0.29) is 28.2 Å². The summed E-state index contributed by atoms with van der Waals surface area (Å²) in [4.78, 5) is 10.8. The predicted octanol–water partition coefficient (Wildman–Crippen LogP) is 2.36. The molecule has 2 rings (SSSR count). The third kappa shape index (κ3) is 2.16. The second-order valence-corrected chi connectivity index (χ2v) is 3.68. The number of nitrogens with two attached hydrogens (primary N) is 1. The van der Waals surface area contributed by atoms with Crippen molar-refractivity contribution in [1.29, 1.82) is 0 Å². The summed E-state index contributed by atoms with van der Waals surface area (Å²) in [6.45, 7) is 1.50. The first-order valence-electron chi connectivity index (χ1n) is 4.61. The number of aryl methyl sites for hydroxylation is 1. The monoisotopic (exact) mass is 256 g/mol. The van der Waals surface area contributed by atoms with Crippen LogP contribution in [0.2, 0.25) is 5.28 Å². The second kappa shape index (κ2) is 4.21. The van der Waals surface area contributed by atoms with Crippen molar-refractivity contribution >= 4 is 17.5 Å². The molecule has 1 aromatic carbocycles. The quantitative estimate of drug-likeness (QED) is 0.851. The summed E-state index contributed by atoms with van der Waals surface area (Å²) in [5, 5.41) is -0.215. The summed E-state index contributed by atoms with van der Waals surface area (Å²) in [5.74, 6) is -1.94. The van der Waals surface area contributed by atoms with Crippen LogP contribution in [0, 0.1) is 18.6 Å². The zero-order valence-corrected chi connectivity index (χ0v) is 9.46. The van der Waals surface area contributed by atoms with Crippen LogP contribution in [0.25, 0.3) is 11.4 Å². The molecule has 1 aromatic heterocycles. The van der Waals surface area contributed by atoms with E-state index in [9.17, 15) is 8.78 Å². The van der Waals surface area contributed by atoms with Gasteiger partial charge in [0.2, 0.25) is 11.2 Å². The maximum absolute atomic E-state index is 13.8. The molecule has 0 aliphatic heterocycles. The first kappa shape index (κ1) is 11.7. The van der Waals surface area contributed by atoms with E-state index in [4.69, 9.17) is 17.3 Å². The molecule has 0 radical (unpaired) electrons. The van der Waals surface area contributed by atoms with Gasteiger partial charge in [-0.15, -0.1) is 0 Å². The first-order valence-corrected chi connectivity index (χ1v) is 4.99. The van der Waals surface area contributed by atoms with Crippen LogP contribution in [0.3, 0.4) is 0 Å². The number of hydrogen-bond donors (Lipinski definition) is 1. The minimum atomic E-state index is -0.783. The lowest BCUT2D eigenvalue weighted by atomic mass is 10.1. The van der Waals surface area contributed by atoms with Crippen LogP contribution in [0.4, 0.5) is 14.7 Å². The van der Waals surface area contributed by atoms with Crippen molar-refractivity contribution in [1.82, 2.24) is 15.0 Å². The van der Waals surface area contributed by atoms with E-state index in [1.165, 1.54) is 13.0 Å². The zero-order chi connectivity index (χ0) is 12.6. The van der Waals surface area contributed by atoms with E-state index < -0.39 is 11.6 Å². The smallest absolute Gasteiger partial charge is 0.227 e. The van der Waals surface area contributed by atoms with Gasteiger partial charge >= 0.3 is 0 Å². The number of nitrogens with zero attached hydrogens (tertiary/aromatic N) is 3. The predicted molar refractivity (Wildman–Crippen MR) is 59.3 cm³/mol. The highest BCUT2D eigenvalue weighted by molar-refractivity contribution is 6.28. The van der Waals surface area contributed by atoms with Gasteiger partial charge in [0.15, 0.2) is 5.82 Å². The highest BCUT2D eigenvalue weighted by Crippen LogP contribution is 2.26. The molecule has 2 N–H and O–H groups in total. The highest BCUT2D eigenvalue weighted by atomic mass is 35.5. The summed E-state index contributed by atoms with van der Waals surface area (Å²) >= 11 is 5.56. The Morgan fingerprint density at radius 3 is 2.53 bits per heavy atom. The van der Waals surface area contributed by atoms with E-state index in [0.29, 0.717) is 0 Å². The molecule has 2 aromatic rings. The Hall–Kier alpha value is -1.82. The molecule has 0 unspecified atom stereocenters. The summed E-state index contributed by atoms with van der Waals surface area (Å²) in [7, 11) is 0. The Morgan fingerprint density at radius 1 is 1.18 bits per heavy atom. The van der Waals surface area contributed by atoms with Crippen molar-refractivity contribution in [3.8, 4) is 11.4 Å². The van der Waals surface area contributed by atoms with Gasteiger partial charge in [-0.1, -0.05) is 6.07 Å². The summed E-state index contributed by atoms with van der Waals surface area (Å²) < 4.78 is 27.3. The van der Waals surface area contributed by atoms with Crippen molar-refractivity contribution in [3.63, 3.8) is 0 Å². The van der Waals surface area contributed by atoms with E-state index >= 15 is 0 Å². The van der Waals surface area contributed by atoms with Gasteiger partial charge in [-0.2, -0.15) is 15.0 Å². The minimum Gasteiger partial charge on any atom is -0.368 e. The number of hydrogen-bond acceptors (Lipinski definition) is 4. The van der Waals surface area contributed by atoms with Gasteiger partial charge in [-0.05, 0) is 30.2 Å². The fraction of sp³-hybridized carbons (Fsp3) is 0.100. The molecule has 0 aliphatic carbocycles. The molecule has 0 spiro atoms. The number of benzene rings is 1. The molecule has 0 saturated heterocycles. The Morgan fingerprint density at radius 2 is 1.88 bits per heavy atom. The minimum absolute atomic E-state index is 0.194. The van der Waals surface area contributed by atoms with Crippen molar-refractivity contribution in [2.75, 3.05) is 5.73 Å². The Kier molecular flexibility index (Phi) is 2.89. The van der Waals surface area contributed by atoms with Gasteiger partial charge in [0.1, 0.15) is 11.6 Å². The molecule has 0 bridgehead atoms. The number of rotatable bonds is 1. The van der Waals surface area contributed by atoms with E-state index in [0.717, 1.165) is 6.07 Å². The maximum Gasteiger partial charge on any atom is 0.227 e. The lowest BCUT2D eigenvalue weighted by molar-refractivity contribution is 0.581. The van der Waals surface area contributed by atoms with Crippen LogP contribution in [0.1, 0.15) is 5.56 Å². The van der Waals surface area contributed by atoms with Crippen LogP contribution >= 0.6 is 11.6 Å². The van der Waals surface area contributed by atoms with Gasteiger partial charge in [-0.25, -0.2) is 8.78 Å². The first-order chi connectivity index (χ1) is 7.99. The van der Waals surface area contributed by atoms with Crippen molar-refractivity contribution in [3.05, 3.63) is 34.6 Å². The Balaban J connectivity index is 2.72. The number of nitrogen functional groups attached to an aromatic ring is 1. The lowest BCUT2D eigenvalue weighted by Gasteiger charge is -2.06. The molecule has 88 valence electrons. The molecule has 0 saturated carbocycles. The molecule has 1 heterocycles. The fourth-order valence-electron chi connectivity index (χ4n) is 1.34. The standard InChI is InChI=1S/C10H7ClF2N4/c1-4-2-3-5(12)6(7(4)13)8-15-9(11)17-10(14)16-8/h2-3H,1H3,(H2,14,15,16,17). The number of halogens is 3. The normalized spacial score (nSPS) is 10.6.